The molecule has 0 saturated carbocycles. The maximum atomic E-state index is 12.6. The van der Waals surface area contributed by atoms with Gasteiger partial charge < -0.3 is 19.5 Å². The number of hydrogen-bond acceptors (Lipinski definition) is 4. The van der Waals surface area contributed by atoms with E-state index in [9.17, 15) is 9.59 Å². The molecule has 2 atom stereocenters. The van der Waals surface area contributed by atoms with Crippen molar-refractivity contribution in [2.24, 2.45) is 11.8 Å². The number of urea groups is 1. The number of para-hydroxylation sites is 2. The Bertz CT molecular complexity index is 896. The topological polar surface area (TPSA) is 70.7 Å². The van der Waals surface area contributed by atoms with Gasteiger partial charge in [0.15, 0.2) is 5.58 Å². The van der Waals surface area contributed by atoms with E-state index in [0.29, 0.717) is 24.6 Å². The van der Waals surface area contributed by atoms with Crippen molar-refractivity contribution >= 4 is 17.1 Å². The molecule has 4 saturated heterocycles. The van der Waals surface area contributed by atoms with Gasteiger partial charge in [-0.2, -0.15) is 0 Å². The number of piperidine rings is 3. The van der Waals surface area contributed by atoms with E-state index in [1.807, 2.05) is 23.1 Å². The van der Waals surface area contributed by atoms with E-state index in [-0.39, 0.29) is 17.8 Å². The molecule has 0 spiro atoms. The highest BCUT2D eigenvalue weighted by atomic mass is 16.4. The Balaban J connectivity index is 1.22. The lowest BCUT2D eigenvalue weighted by atomic mass is 9.79. The quantitative estimate of drug-likeness (QED) is 0.896. The molecule has 2 bridgehead atoms. The van der Waals surface area contributed by atoms with Crippen molar-refractivity contribution in [3.63, 3.8) is 0 Å². The van der Waals surface area contributed by atoms with Gasteiger partial charge in [0, 0.05) is 26.2 Å². The lowest BCUT2D eigenvalue weighted by Crippen LogP contribution is -2.52. The lowest BCUT2D eigenvalue weighted by molar-refractivity contribution is 0.0516. The molecular formula is C20H26N4O3. The van der Waals surface area contributed by atoms with Crippen LogP contribution in [0.2, 0.25) is 0 Å². The third-order valence-electron chi connectivity index (χ3n) is 6.64. The van der Waals surface area contributed by atoms with E-state index in [1.54, 1.807) is 10.6 Å². The molecule has 2 amide bonds. The first kappa shape index (κ1) is 16.9. The maximum Gasteiger partial charge on any atom is 0.420 e. The minimum absolute atomic E-state index is 0.00482. The zero-order chi connectivity index (χ0) is 18.4. The van der Waals surface area contributed by atoms with Crippen LogP contribution in [0.1, 0.15) is 25.3 Å². The Morgan fingerprint density at radius 1 is 1.11 bits per heavy atom. The van der Waals surface area contributed by atoms with Crippen molar-refractivity contribution in [3.05, 3.63) is 34.8 Å². The normalized spacial score (nSPS) is 30.1. The highest BCUT2D eigenvalue weighted by Gasteiger charge is 2.35. The Hall–Kier alpha value is -2.28. The van der Waals surface area contributed by atoms with Crippen molar-refractivity contribution in [2.75, 3.05) is 39.3 Å². The van der Waals surface area contributed by atoms with Crippen molar-refractivity contribution in [3.8, 4) is 0 Å². The molecule has 144 valence electrons. The number of likely N-dealkylation sites (tertiary alicyclic amines) is 1. The first-order chi connectivity index (χ1) is 13.2. The number of aromatic nitrogens is 1. The molecule has 27 heavy (non-hydrogen) atoms. The summed E-state index contributed by atoms with van der Waals surface area (Å²) in [4.78, 5) is 29.3. The van der Waals surface area contributed by atoms with Gasteiger partial charge in [-0.25, -0.2) is 9.59 Å². The molecule has 2 aromatic rings. The van der Waals surface area contributed by atoms with Crippen LogP contribution < -0.4 is 11.1 Å². The number of benzene rings is 1. The van der Waals surface area contributed by atoms with Crippen molar-refractivity contribution in [2.45, 2.75) is 25.3 Å². The van der Waals surface area contributed by atoms with Gasteiger partial charge in [0.25, 0.3) is 0 Å². The monoisotopic (exact) mass is 370 g/mol. The van der Waals surface area contributed by atoms with Gasteiger partial charge in [-0.15, -0.1) is 0 Å². The highest BCUT2D eigenvalue weighted by Crippen LogP contribution is 2.32. The fourth-order valence-electron chi connectivity index (χ4n) is 5.12. The number of carbonyl (C=O) groups excluding carboxylic acids is 1. The van der Waals surface area contributed by atoms with E-state index in [4.69, 9.17) is 4.42 Å². The largest absolute Gasteiger partial charge is 0.420 e. The van der Waals surface area contributed by atoms with Gasteiger partial charge in [0.05, 0.1) is 11.6 Å². The van der Waals surface area contributed by atoms with Crippen LogP contribution in [0.4, 0.5) is 4.79 Å². The average molecular weight is 370 g/mol. The van der Waals surface area contributed by atoms with E-state index in [0.717, 1.165) is 30.9 Å². The smallest absolute Gasteiger partial charge is 0.408 e. The van der Waals surface area contributed by atoms with Crippen molar-refractivity contribution < 1.29 is 9.21 Å². The first-order valence-electron chi connectivity index (χ1n) is 10.0. The van der Waals surface area contributed by atoms with E-state index < -0.39 is 0 Å². The SMILES string of the molecule is O=C(NCC1CN2CCC1CC2)N1CCC(n2c(=O)oc3ccccc32)C1. The van der Waals surface area contributed by atoms with E-state index in [1.165, 1.54) is 25.9 Å². The highest BCUT2D eigenvalue weighted by molar-refractivity contribution is 5.75. The van der Waals surface area contributed by atoms with Gasteiger partial charge in [-0.05, 0) is 56.3 Å². The standard InChI is InChI=1S/C20H26N4O3/c25-19(21-11-15-12-22-8-5-14(15)6-9-22)23-10-7-16(13-23)24-17-3-1-2-4-18(17)27-20(24)26/h1-4,14-16H,5-13H2,(H,21,25). The minimum Gasteiger partial charge on any atom is -0.408 e. The predicted octanol–water partition coefficient (Wildman–Crippen LogP) is 1.89. The van der Waals surface area contributed by atoms with Crippen LogP contribution in [0.15, 0.2) is 33.5 Å². The molecule has 4 aliphatic rings. The lowest BCUT2D eigenvalue weighted by Gasteiger charge is -2.45. The number of nitrogens with one attached hydrogen (secondary N) is 1. The molecule has 2 unspecified atom stereocenters. The van der Waals surface area contributed by atoms with Crippen LogP contribution in [0.5, 0.6) is 0 Å². The molecule has 4 aliphatic heterocycles. The molecule has 1 aromatic carbocycles. The molecule has 0 aliphatic carbocycles. The van der Waals surface area contributed by atoms with Crippen LogP contribution in [-0.2, 0) is 0 Å². The van der Waals surface area contributed by atoms with Crippen molar-refractivity contribution in [1.82, 2.24) is 19.7 Å². The number of carbonyl (C=O) groups is 1. The number of rotatable bonds is 3. The second-order valence-corrected chi connectivity index (χ2v) is 8.18. The molecule has 6 rings (SSSR count). The molecule has 5 heterocycles. The van der Waals surface area contributed by atoms with Gasteiger partial charge in [-0.1, -0.05) is 12.1 Å². The first-order valence-corrected chi connectivity index (χ1v) is 10.0. The zero-order valence-corrected chi connectivity index (χ0v) is 15.5. The van der Waals surface area contributed by atoms with Crippen molar-refractivity contribution in [1.29, 1.82) is 0 Å². The molecule has 1 N–H and O–H groups in total. The molecule has 4 fully saturated rings. The summed E-state index contributed by atoms with van der Waals surface area (Å²) in [6.45, 7) is 5.53. The van der Waals surface area contributed by atoms with Gasteiger partial charge in [0.1, 0.15) is 0 Å². The fourth-order valence-corrected chi connectivity index (χ4v) is 5.12. The molecule has 7 heteroatoms. The number of oxazole rings is 1. The van der Waals surface area contributed by atoms with Gasteiger partial charge in [-0.3, -0.25) is 4.57 Å². The van der Waals surface area contributed by atoms with Crippen LogP contribution in [0, 0.1) is 11.8 Å². The van der Waals surface area contributed by atoms with Gasteiger partial charge in [0.2, 0.25) is 0 Å². The summed E-state index contributed by atoms with van der Waals surface area (Å²) in [5.74, 6) is 1.00. The molecule has 1 aromatic heterocycles. The van der Waals surface area contributed by atoms with Crippen LogP contribution in [0.25, 0.3) is 11.1 Å². The summed E-state index contributed by atoms with van der Waals surface area (Å²) in [6, 6.07) is 7.44. The summed E-state index contributed by atoms with van der Waals surface area (Å²) in [7, 11) is 0. The Morgan fingerprint density at radius 2 is 1.93 bits per heavy atom. The Kier molecular flexibility index (Phi) is 4.19. The number of fused-ring (bicyclic) bond motifs is 4. The predicted molar refractivity (Wildman–Crippen MR) is 102 cm³/mol. The van der Waals surface area contributed by atoms with Crippen LogP contribution in [0.3, 0.4) is 0 Å². The van der Waals surface area contributed by atoms with Crippen LogP contribution in [-0.4, -0.2) is 59.7 Å². The second kappa shape index (κ2) is 6.71. The average Bonchev–Trinajstić information content (AvgIpc) is 3.30. The van der Waals surface area contributed by atoms with E-state index >= 15 is 0 Å². The summed E-state index contributed by atoms with van der Waals surface area (Å²) in [6.07, 6.45) is 3.31. The summed E-state index contributed by atoms with van der Waals surface area (Å²) >= 11 is 0. The summed E-state index contributed by atoms with van der Waals surface area (Å²) < 4.78 is 7.05. The maximum absolute atomic E-state index is 12.6. The minimum atomic E-state index is -0.337. The van der Waals surface area contributed by atoms with E-state index in [2.05, 4.69) is 10.2 Å². The Labute approximate surface area is 157 Å². The summed E-state index contributed by atoms with van der Waals surface area (Å²) in [5.41, 5.74) is 1.41. The second-order valence-electron chi connectivity index (χ2n) is 8.18. The van der Waals surface area contributed by atoms with Crippen LogP contribution >= 0.6 is 0 Å². The third-order valence-corrected chi connectivity index (χ3v) is 6.64. The molecule has 0 radical (unpaired) electrons. The third kappa shape index (κ3) is 3.04. The number of amides is 2. The number of nitrogens with zero attached hydrogens (tertiary/aromatic N) is 3. The fraction of sp³-hybridized carbons (Fsp3) is 0.600. The van der Waals surface area contributed by atoms with Gasteiger partial charge >= 0.3 is 11.8 Å². The molecular weight excluding hydrogens is 344 g/mol. The zero-order valence-electron chi connectivity index (χ0n) is 15.5. The summed E-state index contributed by atoms with van der Waals surface area (Å²) in [5, 5.41) is 3.15. The number of hydrogen-bond donors (Lipinski definition) is 1. The molecule has 7 nitrogen and oxygen atoms in total. The Morgan fingerprint density at radius 3 is 2.70 bits per heavy atom.